The smallest absolute Gasteiger partial charge is 0.0618 e. The summed E-state index contributed by atoms with van der Waals surface area (Å²) in [6, 6.07) is 88.1. The van der Waals surface area contributed by atoms with Crippen LogP contribution in [-0.2, 0) is 5.41 Å². The normalized spacial score (nSPS) is 12.9. The Morgan fingerprint density at radius 3 is 1.46 bits per heavy atom. The van der Waals surface area contributed by atoms with Crippen molar-refractivity contribution in [3.63, 3.8) is 0 Å². The van der Waals surface area contributed by atoms with Gasteiger partial charge in [0.2, 0.25) is 0 Å². The Bertz CT molecular complexity index is 4160. The first-order valence-corrected chi connectivity index (χ1v) is 24.5. The second-order valence-corrected chi connectivity index (χ2v) is 19.6. The van der Waals surface area contributed by atoms with E-state index in [1.807, 2.05) is 0 Å². The van der Waals surface area contributed by atoms with Crippen LogP contribution in [0.15, 0.2) is 237 Å². The summed E-state index contributed by atoms with van der Waals surface area (Å²) < 4.78 is 2.40. The molecule has 0 saturated heterocycles. The van der Waals surface area contributed by atoms with Gasteiger partial charge in [0.25, 0.3) is 0 Å². The Labute approximate surface area is 407 Å². The number of benzene rings is 12. The molecule has 0 saturated carbocycles. The van der Waals surface area contributed by atoms with E-state index in [0.29, 0.717) is 0 Å². The molecule has 0 N–H and O–H groups in total. The third-order valence-electron chi connectivity index (χ3n) is 15.4. The number of fused-ring (bicyclic) bond motifs is 10. The molecule has 2 nitrogen and oxygen atoms in total. The molecular weight excluding hydrogens is 845 g/mol. The maximum Gasteiger partial charge on any atom is 0.0618 e. The van der Waals surface area contributed by atoms with Crippen LogP contribution in [-0.4, -0.2) is 4.57 Å². The Morgan fingerprint density at radius 2 is 0.814 bits per heavy atom. The molecule has 0 radical (unpaired) electrons. The molecule has 1 aliphatic carbocycles. The number of hydrogen-bond acceptors (Lipinski definition) is 1. The Balaban J connectivity index is 1.02. The minimum Gasteiger partial charge on any atom is -0.309 e. The van der Waals surface area contributed by atoms with Crippen LogP contribution in [0.5, 0.6) is 0 Å². The number of aryl methyl sites for hydroxylation is 1. The zero-order valence-electron chi connectivity index (χ0n) is 39.4. The summed E-state index contributed by atoms with van der Waals surface area (Å²) in [6.45, 7) is 6.99. The van der Waals surface area contributed by atoms with Crippen LogP contribution in [0.2, 0.25) is 0 Å². The van der Waals surface area contributed by atoms with Gasteiger partial charge in [-0.1, -0.05) is 201 Å². The first-order chi connectivity index (χ1) is 34.4. The fourth-order valence-electron chi connectivity index (χ4n) is 12.3. The van der Waals surface area contributed by atoms with Crippen molar-refractivity contribution in [2.24, 2.45) is 0 Å². The largest absolute Gasteiger partial charge is 0.309 e. The van der Waals surface area contributed by atoms with Crippen LogP contribution in [0.1, 0.15) is 30.5 Å². The first kappa shape index (κ1) is 40.4. The topological polar surface area (TPSA) is 8.17 Å². The van der Waals surface area contributed by atoms with E-state index in [4.69, 9.17) is 0 Å². The van der Waals surface area contributed by atoms with Crippen molar-refractivity contribution in [1.82, 2.24) is 4.57 Å². The molecular formula is C68H48N2. The van der Waals surface area contributed by atoms with E-state index in [-0.39, 0.29) is 5.41 Å². The summed E-state index contributed by atoms with van der Waals surface area (Å²) in [6.07, 6.45) is 0. The maximum absolute atomic E-state index is 2.49. The summed E-state index contributed by atoms with van der Waals surface area (Å²) >= 11 is 0. The molecule has 0 spiro atoms. The van der Waals surface area contributed by atoms with Crippen LogP contribution >= 0.6 is 0 Å². The molecule has 12 aromatic carbocycles. The third kappa shape index (κ3) is 5.87. The molecule has 330 valence electrons. The van der Waals surface area contributed by atoms with Gasteiger partial charge < -0.3 is 9.47 Å². The predicted octanol–water partition coefficient (Wildman–Crippen LogP) is 18.8. The molecule has 0 fully saturated rings. The second-order valence-electron chi connectivity index (χ2n) is 19.6. The van der Waals surface area contributed by atoms with E-state index in [2.05, 4.69) is 267 Å². The van der Waals surface area contributed by atoms with Crippen molar-refractivity contribution in [1.29, 1.82) is 0 Å². The molecule has 13 aromatic rings. The highest BCUT2D eigenvalue weighted by molar-refractivity contribution is 6.30. The van der Waals surface area contributed by atoms with E-state index >= 15 is 0 Å². The summed E-state index contributed by atoms with van der Waals surface area (Å²) in [4.78, 5) is 2.47. The molecule has 1 aliphatic rings. The monoisotopic (exact) mass is 892 g/mol. The molecule has 0 unspecified atom stereocenters. The quantitative estimate of drug-likeness (QED) is 0.151. The highest BCUT2D eigenvalue weighted by Gasteiger charge is 2.36. The van der Waals surface area contributed by atoms with Gasteiger partial charge in [0.15, 0.2) is 0 Å². The van der Waals surface area contributed by atoms with Crippen molar-refractivity contribution in [2.45, 2.75) is 26.2 Å². The van der Waals surface area contributed by atoms with Gasteiger partial charge in [-0.25, -0.2) is 0 Å². The summed E-state index contributed by atoms with van der Waals surface area (Å²) in [7, 11) is 0. The second kappa shape index (κ2) is 15.4. The maximum atomic E-state index is 2.49. The lowest BCUT2D eigenvalue weighted by Crippen LogP contribution is -2.14. The highest BCUT2D eigenvalue weighted by atomic mass is 15.1. The van der Waals surface area contributed by atoms with Crippen molar-refractivity contribution in [2.75, 3.05) is 4.90 Å². The van der Waals surface area contributed by atoms with Gasteiger partial charge in [-0.3, -0.25) is 0 Å². The molecule has 1 heterocycles. The molecule has 0 aliphatic heterocycles. The average molecular weight is 893 g/mol. The third-order valence-corrected chi connectivity index (χ3v) is 15.4. The highest BCUT2D eigenvalue weighted by Crippen LogP contribution is 2.54. The number of rotatable bonds is 6. The SMILES string of the molecule is Cc1ccc2c(-c3ccc4c(c3)C(C)(C)c3ccccc3-4)c3ccccc3c(-c3c4ccccc4c(N(c4ccccc4)c4ccc(-n5c6ccccc6c6ccccc65)cc4)c4ccccc34)c2c1. The number of para-hydroxylation sites is 3. The Kier molecular flexibility index (Phi) is 8.88. The van der Waals surface area contributed by atoms with Gasteiger partial charge >= 0.3 is 0 Å². The Morgan fingerprint density at radius 1 is 0.343 bits per heavy atom. The fraction of sp³-hybridized carbons (Fsp3) is 0.0588. The lowest BCUT2D eigenvalue weighted by Gasteiger charge is -2.30. The summed E-state index contributed by atoms with van der Waals surface area (Å²) in [5, 5.41) is 12.4. The molecule has 0 amide bonds. The molecule has 0 bridgehead atoms. The van der Waals surface area contributed by atoms with Crippen LogP contribution in [0, 0.1) is 6.92 Å². The van der Waals surface area contributed by atoms with E-state index in [1.54, 1.807) is 0 Å². The standard InChI is InChI=1S/C68H48N2/c1-43-33-39-56-59(41-43)66(53-25-8-7-24-52(53)64(56)44-34-40-49-48-21-13-16-30-60(48)68(2,3)61(49)42-44)65-54-26-9-11-28-57(54)67(58-29-12-10-27-55(58)65)69(45-19-5-4-6-20-45)46-35-37-47(38-36-46)70-62-31-17-14-22-50(62)51-23-15-18-32-63(51)70/h4-42H,1-3H3. The average Bonchev–Trinajstić information content (AvgIpc) is 3.86. The molecule has 2 heteroatoms. The fourth-order valence-corrected chi connectivity index (χ4v) is 12.3. The van der Waals surface area contributed by atoms with Crippen LogP contribution in [0.3, 0.4) is 0 Å². The summed E-state index contributed by atoms with van der Waals surface area (Å²) in [5.74, 6) is 0. The molecule has 14 rings (SSSR count). The molecule has 0 atom stereocenters. The summed E-state index contributed by atoms with van der Waals surface area (Å²) in [5.41, 5.74) is 18.6. The van der Waals surface area contributed by atoms with Gasteiger partial charge in [0, 0.05) is 44.0 Å². The van der Waals surface area contributed by atoms with Gasteiger partial charge in [-0.15, -0.1) is 0 Å². The van der Waals surface area contributed by atoms with Gasteiger partial charge in [0.05, 0.1) is 16.7 Å². The number of nitrogens with zero attached hydrogens (tertiary/aromatic N) is 2. The predicted molar refractivity (Wildman–Crippen MR) is 299 cm³/mol. The van der Waals surface area contributed by atoms with Crippen LogP contribution in [0.25, 0.3) is 104 Å². The van der Waals surface area contributed by atoms with Gasteiger partial charge in [0.1, 0.15) is 0 Å². The van der Waals surface area contributed by atoms with E-state index in [0.717, 1.165) is 22.7 Å². The number of aromatic nitrogens is 1. The van der Waals surface area contributed by atoms with Crippen molar-refractivity contribution in [3.8, 4) is 39.1 Å². The minimum atomic E-state index is -0.105. The molecule has 1 aromatic heterocycles. The first-order valence-electron chi connectivity index (χ1n) is 24.5. The molecule has 70 heavy (non-hydrogen) atoms. The Hall–Kier alpha value is -8.72. The number of hydrogen-bond donors (Lipinski definition) is 0. The van der Waals surface area contributed by atoms with E-state index < -0.39 is 0 Å². The van der Waals surface area contributed by atoms with Crippen LogP contribution < -0.4 is 4.90 Å². The van der Waals surface area contributed by atoms with E-state index in [1.165, 1.54) is 115 Å². The lowest BCUT2D eigenvalue weighted by molar-refractivity contribution is 0.660. The van der Waals surface area contributed by atoms with Crippen molar-refractivity contribution in [3.05, 3.63) is 253 Å². The van der Waals surface area contributed by atoms with E-state index in [9.17, 15) is 0 Å². The van der Waals surface area contributed by atoms with Gasteiger partial charge in [-0.05, 0) is 138 Å². The van der Waals surface area contributed by atoms with Crippen molar-refractivity contribution >= 4 is 82.0 Å². The van der Waals surface area contributed by atoms with Crippen molar-refractivity contribution < 1.29 is 0 Å². The lowest BCUT2D eigenvalue weighted by atomic mass is 9.79. The zero-order chi connectivity index (χ0) is 46.7. The van der Waals surface area contributed by atoms with Gasteiger partial charge in [-0.2, -0.15) is 0 Å². The minimum absolute atomic E-state index is 0.105. The zero-order valence-corrected chi connectivity index (χ0v) is 39.4. The number of anilines is 3. The van der Waals surface area contributed by atoms with Crippen LogP contribution in [0.4, 0.5) is 17.1 Å².